The van der Waals surface area contributed by atoms with Gasteiger partial charge in [-0.05, 0) is 12.1 Å². The average Bonchev–Trinajstić information content (AvgIpc) is 2.63. The second-order valence-electron chi connectivity index (χ2n) is 2.73. The molecule has 2 aromatic rings. The summed E-state index contributed by atoms with van der Waals surface area (Å²) < 4.78 is 0. The fraction of sp³-hybridized carbons (Fsp3) is 0. The van der Waals surface area contributed by atoms with Crippen LogP contribution in [0.15, 0.2) is 30.5 Å². The molecular weight excluding hydrogens is 166 g/mol. The molecule has 1 heterocycles. The fourth-order valence-electron chi connectivity index (χ4n) is 1.35. The Kier molecular flexibility index (Phi) is 1.70. The Morgan fingerprint density at radius 2 is 2.15 bits per heavy atom. The zero-order valence-corrected chi connectivity index (χ0v) is 6.78. The topological polar surface area (TPSA) is 49.9 Å². The zero-order chi connectivity index (χ0) is 9.26. The van der Waals surface area contributed by atoms with Crippen molar-refractivity contribution in [1.82, 2.24) is 4.98 Å². The average molecular weight is 173 g/mol. The molecular formula is C10H7NO2. The Morgan fingerprint density at radius 1 is 1.31 bits per heavy atom. The molecule has 0 saturated heterocycles. The summed E-state index contributed by atoms with van der Waals surface area (Å²) >= 11 is 0. The molecule has 3 heteroatoms. The summed E-state index contributed by atoms with van der Waals surface area (Å²) in [5.41, 5.74) is 1.15. The molecule has 0 aliphatic rings. The Hall–Kier alpha value is -1.90. The fourth-order valence-corrected chi connectivity index (χ4v) is 1.35. The van der Waals surface area contributed by atoms with E-state index in [-0.39, 0.29) is 0 Å². The van der Waals surface area contributed by atoms with Crippen LogP contribution >= 0.6 is 0 Å². The second-order valence-corrected chi connectivity index (χ2v) is 2.73. The van der Waals surface area contributed by atoms with E-state index in [1.165, 1.54) is 0 Å². The Morgan fingerprint density at radius 3 is 2.92 bits per heavy atom. The third-order valence-electron chi connectivity index (χ3n) is 1.96. The number of hydrogen-bond donors (Lipinski definition) is 1. The highest BCUT2D eigenvalue weighted by atomic mass is 16.2. The number of nitrogens with one attached hydrogen (secondary N) is 1. The maximum atomic E-state index is 11.1. The molecule has 1 aromatic carbocycles. The summed E-state index contributed by atoms with van der Waals surface area (Å²) in [5.74, 6) is -0.493. The van der Waals surface area contributed by atoms with Gasteiger partial charge in [0.15, 0.2) is 6.29 Å². The van der Waals surface area contributed by atoms with Gasteiger partial charge in [-0.3, -0.25) is 9.59 Å². The van der Waals surface area contributed by atoms with Crippen molar-refractivity contribution >= 4 is 23.0 Å². The first kappa shape index (κ1) is 7.73. The normalized spacial score (nSPS) is 10.2. The van der Waals surface area contributed by atoms with Gasteiger partial charge in [0.05, 0.1) is 5.52 Å². The Balaban J connectivity index is 2.74. The number of ketones is 1. The van der Waals surface area contributed by atoms with Crippen molar-refractivity contribution in [1.29, 1.82) is 0 Å². The quantitative estimate of drug-likeness (QED) is 0.425. The first-order chi connectivity index (χ1) is 6.33. The van der Waals surface area contributed by atoms with Crippen LogP contribution in [0.5, 0.6) is 0 Å². The molecule has 2 rings (SSSR count). The molecule has 0 spiro atoms. The molecule has 0 amide bonds. The van der Waals surface area contributed by atoms with Gasteiger partial charge in [0.1, 0.15) is 0 Å². The minimum atomic E-state index is -0.493. The lowest BCUT2D eigenvalue weighted by Gasteiger charge is -1.95. The minimum Gasteiger partial charge on any atom is -0.361 e. The van der Waals surface area contributed by atoms with Crippen LogP contribution in [-0.2, 0) is 4.79 Å². The number of benzene rings is 1. The van der Waals surface area contributed by atoms with Crippen molar-refractivity contribution in [3.05, 3.63) is 36.0 Å². The number of H-pyrrole nitrogens is 1. The largest absolute Gasteiger partial charge is 0.361 e. The maximum absolute atomic E-state index is 11.1. The summed E-state index contributed by atoms with van der Waals surface area (Å²) in [6, 6.07) is 7.13. The summed E-state index contributed by atoms with van der Waals surface area (Å²) in [4.78, 5) is 24.4. The molecule has 0 fully saturated rings. The highest BCUT2D eigenvalue weighted by Gasteiger charge is 2.08. The molecule has 64 valence electrons. The van der Waals surface area contributed by atoms with E-state index in [4.69, 9.17) is 0 Å². The van der Waals surface area contributed by atoms with Gasteiger partial charge in [0, 0.05) is 17.1 Å². The molecule has 0 atom stereocenters. The lowest BCUT2D eigenvalue weighted by molar-refractivity contribution is -0.104. The molecule has 3 nitrogen and oxygen atoms in total. The van der Waals surface area contributed by atoms with Gasteiger partial charge in [-0.2, -0.15) is 0 Å². The van der Waals surface area contributed by atoms with Gasteiger partial charge in [0.25, 0.3) is 0 Å². The highest BCUT2D eigenvalue weighted by Crippen LogP contribution is 2.16. The molecule has 0 radical (unpaired) electrons. The van der Waals surface area contributed by atoms with Crippen molar-refractivity contribution in [3.63, 3.8) is 0 Å². The van der Waals surface area contributed by atoms with Crippen LogP contribution in [0.2, 0.25) is 0 Å². The van der Waals surface area contributed by atoms with E-state index in [1.807, 2.05) is 12.1 Å². The number of aldehydes is 1. The first-order valence-corrected chi connectivity index (χ1v) is 3.88. The van der Waals surface area contributed by atoms with E-state index < -0.39 is 5.78 Å². The smallest absolute Gasteiger partial charge is 0.227 e. The van der Waals surface area contributed by atoms with Crippen molar-refractivity contribution in [3.8, 4) is 0 Å². The lowest BCUT2D eigenvalue weighted by Crippen LogP contribution is -2.00. The number of carbonyl (C=O) groups excluding carboxylic acids is 2. The minimum absolute atomic E-state index is 0.329. The van der Waals surface area contributed by atoms with Crippen molar-refractivity contribution in [2.75, 3.05) is 0 Å². The molecule has 1 N–H and O–H groups in total. The molecule has 0 aliphatic heterocycles. The third kappa shape index (κ3) is 1.14. The van der Waals surface area contributed by atoms with E-state index in [2.05, 4.69) is 4.98 Å². The summed E-state index contributed by atoms with van der Waals surface area (Å²) in [5, 5.41) is 0.938. The molecule has 13 heavy (non-hydrogen) atoms. The molecule has 0 unspecified atom stereocenters. The highest BCUT2D eigenvalue weighted by molar-refractivity contribution is 6.36. The molecule has 1 aromatic heterocycles. The van der Waals surface area contributed by atoms with Gasteiger partial charge in [-0.1, -0.05) is 12.1 Å². The monoisotopic (exact) mass is 173 g/mol. The van der Waals surface area contributed by atoms with Crippen molar-refractivity contribution in [2.45, 2.75) is 0 Å². The van der Waals surface area contributed by atoms with Gasteiger partial charge in [-0.25, -0.2) is 0 Å². The number of para-hydroxylation sites is 1. The van der Waals surface area contributed by atoms with Gasteiger partial charge in [-0.15, -0.1) is 0 Å². The van der Waals surface area contributed by atoms with Crippen LogP contribution in [-0.4, -0.2) is 17.1 Å². The van der Waals surface area contributed by atoms with Gasteiger partial charge < -0.3 is 4.98 Å². The van der Waals surface area contributed by atoms with Crippen LogP contribution in [0.25, 0.3) is 10.9 Å². The summed E-state index contributed by atoms with van der Waals surface area (Å²) in [7, 11) is 0. The number of Topliss-reactive ketones (excluding diaryl/α,β-unsaturated/α-hetero) is 1. The van der Waals surface area contributed by atoms with Gasteiger partial charge >= 0.3 is 0 Å². The standard InChI is InChI=1S/C10H7NO2/c12-6-9(13)8-3-1-2-7-4-5-11-10(7)8/h1-6,11H. The number of aromatic nitrogens is 1. The van der Waals surface area contributed by atoms with Gasteiger partial charge in [0.2, 0.25) is 5.78 Å². The van der Waals surface area contributed by atoms with Crippen LogP contribution in [0.4, 0.5) is 0 Å². The maximum Gasteiger partial charge on any atom is 0.227 e. The number of fused-ring (bicyclic) bond motifs is 1. The molecule has 0 aliphatic carbocycles. The number of hydrogen-bond acceptors (Lipinski definition) is 2. The Bertz CT molecular complexity index is 470. The predicted molar refractivity (Wildman–Crippen MR) is 48.7 cm³/mol. The molecule has 0 saturated carbocycles. The first-order valence-electron chi connectivity index (χ1n) is 3.88. The van der Waals surface area contributed by atoms with Crippen molar-refractivity contribution < 1.29 is 9.59 Å². The van der Waals surface area contributed by atoms with Crippen LogP contribution < -0.4 is 0 Å². The van der Waals surface area contributed by atoms with E-state index in [0.29, 0.717) is 11.8 Å². The van der Waals surface area contributed by atoms with E-state index in [9.17, 15) is 9.59 Å². The third-order valence-corrected chi connectivity index (χ3v) is 1.96. The summed E-state index contributed by atoms with van der Waals surface area (Å²) in [6.45, 7) is 0. The van der Waals surface area contributed by atoms with Crippen LogP contribution in [0.3, 0.4) is 0 Å². The predicted octanol–water partition coefficient (Wildman–Crippen LogP) is 1.55. The Labute approximate surface area is 74.4 Å². The number of rotatable bonds is 2. The number of carbonyl (C=O) groups is 2. The zero-order valence-electron chi connectivity index (χ0n) is 6.78. The van der Waals surface area contributed by atoms with E-state index in [1.54, 1.807) is 18.3 Å². The van der Waals surface area contributed by atoms with E-state index >= 15 is 0 Å². The second kappa shape index (κ2) is 2.86. The van der Waals surface area contributed by atoms with Crippen LogP contribution in [0, 0.1) is 0 Å². The molecule has 0 bridgehead atoms. The van der Waals surface area contributed by atoms with E-state index in [0.717, 1.165) is 10.9 Å². The number of aromatic amines is 1. The lowest BCUT2D eigenvalue weighted by atomic mass is 10.1. The van der Waals surface area contributed by atoms with Crippen molar-refractivity contribution in [2.24, 2.45) is 0 Å². The SMILES string of the molecule is O=CC(=O)c1cccc2cc[nH]c12. The summed E-state index contributed by atoms with van der Waals surface area (Å²) in [6.07, 6.45) is 2.07. The van der Waals surface area contributed by atoms with Crippen LogP contribution in [0.1, 0.15) is 10.4 Å².